The maximum Gasteiger partial charge on any atom is 0.303 e. The van der Waals surface area contributed by atoms with Crippen LogP contribution in [0.1, 0.15) is 32.1 Å². The van der Waals surface area contributed by atoms with Crippen molar-refractivity contribution < 1.29 is 19.4 Å². The predicted octanol–water partition coefficient (Wildman–Crippen LogP) is 0.989. The highest BCUT2D eigenvalue weighted by atomic mass is 16.5. The normalized spacial score (nSPS) is 21.7. The Hall–Kier alpha value is -0.900. The van der Waals surface area contributed by atoms with Gasteiger partial charge >= 0.3 is 5.97 Å². The molecule has 0 aromatic carbocycles. The van der Waals surface area contributed by atoms with E-state index < -0.39 is 5.97 Å². The summed E-state index contributed by atoms with van der Waals surface area (Å²) in [5.41, 5.74) is 0. The van der Waals surface area contributed by atoms with Crippen molar-refractivity contribution >= 4 is 11.8 Å². The molecule has 4 nitrogen and oxygen atoms in total. The Morgan fingerprint density at radius 3 is 2.69 bits per heavy atom. The van der Waals surface area contributed by atoms with Crippen LogP contribution in [0.15, 0.2) is 0 Å². The lowest BCUT2D eigenvalue weighted by Crippen LogP contribution is -2.13. The van der Waals surface area contributed by atoms with Gasteiger partial charge in [0.2, 0.25) is 0 Å². The van der Waals surface area contributed by atoms with E-state index in [1.807, 2.05) is 0 Å². The predicted molar refractivity (Wildman–Crippen MR) is 45.5 cm³/mol. The van der Waals surface area contributed by atoms with Crippen LogP contribution in [0.25, 0.3) is 0 Å². The molecule has 1 aliphatic rings. The molecular formula is C9H14O4. The number of ether oxygens (including phenoxy) is 1. The zero-order valence-electron chi connectivity index (χ0n) is 7.49. The maximum absolute atomic E-state index is 11.2. The number of carbonyl (C=O) groups excluding carboxylic acids is 1. The summed E-state index contributed by atoms with van der Waals surface area (Å²) in [5.74, 6) is -0.921. The van der Waals surface area contributed by atoms with E-state index >= 15 is 0 Å². The molecule has 1 atom stereocenters. The van der Waals surface area contributed by atoms with Crippen molar-refractivity contribution in [3.05, 3.63) is 0 Å². The molecule has 0 saturated carbocycles. The number of hydrogen-bond donors (Lipinski definition) is 1. The fourth-order valence-electron chi connectivity index (χ4n) is 1.41. The molecule has 1 fully saturated rings. The SMILES string of the molecule is O=C(O)CCC(=O)CC1CCCO1. The molecule has 0 bridgehead atoms. The number of aliphatic carboxylic acids is 1. The number of carboxylic acids is 1. The molecule has 74 valence electrons. The molecule has 0 amide bonds. The van der Waals surface area contributed by atoms with Gasteiger partial charge in [0.05, 0.1) is 12.5 Å². The number of carbonyl (C=O) groups is 2. The van der Waals surface area contributed by atoms with Crippen molar-refractivity contribution in [2.24, 2.45) is 0 Å². The Kier molecular flexibility index (Phi) is 3.89. The van der Waals surface area contributed by atoms with Gasteiger partial charge in [-0.2, -0.15) is 0 Å². The summed E-state index contributed by atoms with van der Waals surface area (Å²) in [6.07, 6.45) is 2.44. The zero-order valence-corrected chi connectivity index (χ0v) is 7.49. The number of ketones is 1. The van der Waals surface area contributed by atoms with Crippen LogP contribution in [0.4, 0.5) is 0 Å². The summed E-state index contributed by atoms with van der Waals surface area (Å²) in [4.78, 5) is 21.3. The number of carboxylic acid groups (broad SMARTS) is 1. The van der Waals surface area contributed by atoms with Crippen LogP contribution < -0.4 is 0 Å². The molecule has 4 heteroatoms. The van der Waals surface area contributed by atoms with Crippen LogP contribution >= 0.6 is 0 Å². The largest absolute Gasteiger partial charge is 0.481 e. The maximum atomic E-state index is 11.2. The van der Waals surface area contributed by atoms with E-state index in [4.69, 9.17) is 9.84 Å². The van der Waals surface area contributed by atoms with E-state index in [2.05, 4.69) is 0 Å². The minimum atomic E-state index is -0.916. The monoisotopic (exact) mass is 186 g/mol. The Balaban J connectivity index is 2.13. The second-order valence-corrected chi connectivity index (χ2v) is 3.27. The van der Waals surface area contributed by atoms with Gasteiger partial charge in [0.1, 0.15) is 5.78 Å². The number of hydrogen-bond acceptors (Lipinski definition) is 3. The summed E-state index contributed by atoms with van der Waals surface area (Å²) in [7, 11) is 0. The minimum absolute atomic E-state index is 0.00528. The molecule has 1 N–H and O–H groups in total. The molecule has 0 aromatic heterocycles. The van der Waals surface area contributed by atoms with E-state index in [0.717, 1.165) is 19.4 Å². The van der Waals surface area contributed by atoms with Crippen molar-refractivity contribution in [1.29, 1.82) is 0 Å². The van der Waals surface area contributed by atoms with Gasteiger partial charge < -0.3 is 9.84 Å². The lowest BCUT2D eigenvalue weighted by atomic mass is 10.1. The summed E-state index contributed by atoms with van der Waals surface area (Å²) in [6.45, 7) is 0.733. The lowest BCUT2D eigenvalue weighted by molar-refractivity contribution is -0.138. The highest BCUT2D eigenvalue weighted by Crippen LogP contribution is 2.16. The number of rotatable bonds is 5. The van der Waals surface area contributed by atoms with Crippen LogP contribution in [-0.2, 0) is 14.3 Å². The average molecular weight is 186 g/mol. The lowest BCUT2D eigenvalue weighted by Gasteiger charge is -2.06. The van der Waals surface area contributed by atoms with E-state index in [1.165, 1.54) is 0 Å². The third kappa shape index (κ3) is 4.03. The highest BCUT2D eigenvalue weighted by molar-refractivity contribution is 5.82. The van der Waals surface area contributed by atoms with Crippen molar-refractivity contribution in [2.75, 3.05) is 6.61 Å². The van der Waals surface area contributed by atoms with Crippen molar-refractivity contribution in [1.82, 2.24) is 0 Å². The van der Waals surface area contributed by atoms with Gasteiger partial charge in [0, 0.05) is 19.4 Å². The van der Waals surface area contributed by atoms with Gasteiger partial charge in [-0.3, -0.25) is 9.59 Å². The molecule has 13 heavy (non-hydrogen) atoms. The van der Waals surface area contributed by atoms with Crippen molar-refractivity contribution in [3.8, 4) is 0 Å². The third-order valence-corrected chi connectivity index (χ3v) is 2.10. The molecule has 0 spiro atoms. The van der Waals surface area contributed by atoms with Crippen LogP contribution in [-0.4, -0.2) is 29.6 Å². The summed E-state index contributed by atoms with van der Waals surface area (Å²) in [6, 6.07) is 0. The molecule has 0 aromatic rings. The Labute approximate surface area is 76.9 Å². The number of Topliss-reactive ketones (excluding diaryl/α,β-unsaturated/α-hetero) is 1. The van der Waals surface area contributed by atoms with Gasteiger partial charge in [-0.25, -0.2) is 0 Å². The van der Waals surface area contributed by atoms with Gasteiger partial charge in [0.15, 0.2) is 0 Å². The minimum Gasteiger partial charge on any atom is -0.481 e. The summed E-state index contributed by atoms with van der Waals surface area (Å²) in [5, 5.41) is 8.34. The van der Waals surface area contributed by atoms with Crippen LogP contribution in [0, 0.1) is 0 Å². The van der Waals surface area contributed by atoms with Gasteiger partial charge in [0.25, 0.3) is 0 Å². The fourth-order valence-corrected chi connectivity index (χ4v) is 1.41. The Morgan fingerprint density at radius 2 is 2.15 bits per heavy atom. The second kappa shape index (κ2) is 4.97. The third-order valence-electron chi connectivity index (χ3n) is 2.10. The van der Waals surface area contributed by atoms with Crippen LogP contribution in [0.5, 0.6) is 0 Å². The van der Waals surface area contributed by atoms with Crippen LogP contribution in [0.2, 0.25) is 0 Å². The van der Waals surface area contributed by atoms with Gasteiger partial charge in [-0.1, -0.05) is 0 Å². The first-order chi connectivity index (χ1) is 6.18. The smallest absolute Gasteiger partial charge is 0.303 e. The first-order valence-electron chi connectivity index (χ1n) is 4.53. The molecule has 1 unspecified atom stereocenters. The zero-order chi connectivity index (χ0) is 9.68. The highest BCUT2D eigenvalue weighted by Gasteiger charge is 2.19. The van der Waals surface area contributed by atoms with Crippen LogP contribution in [0.3, 0.4) is 0 Å². The van der Waals surface area contributed by atoms with Gasteiger partial charge in [-0.15, -0.1) is 0 Å². The molecule has 1 rings (SSSR count). The van der Waals surface area contributed by atoms with E-state index in [0.29, 0.717) is 6.42 Å². The second-order valence-electron chi connectivity index (χ2n) is 3.27. The first-order valence-corrected chi connectivity index (χ1v) is 4.53. The molecular weight excluding hydrogens is 172 g/mol. The standard InChI is InChI=1S/C9H14O4/c10-7(3-4-9(11)12)6-8-2-1-5-13-8/h8H,1-6H2,(H,11,12). The summed E-state index contributed by atoms with van der Waals surface area (Å²) < 4.78 is 5.26. The average Bonchev–Trinajstić information content (AvgIpc) is 2.53. The molecule has 0 aliphatic carbocycles. The van der Waals surface area contributed by atoms with Crippen molar-refractivity contribution in [3.63, 3.8) is 0 Å². The van der Waals surface area contributed by atoms with Crippen molar-refractivity contribution in [2.45, 2.75) is 38.2 Å². The Morgan fingerprint density at radius 1 is 1.38 bits per heavy atom. The molecule has 1 heterocycles. The molecule has 1 aliphatic heterocycles. The first kappa shape index (κ1) is 10.2. The van der Waals surface area contributed by atoms with E-state index in [-0.39, 0.29) is 24.7 Å². The molecule has 1 saturated heterocycles. The molecule has 0 radical (unpaired) electrons. The van der Waals surface area contributed by atoms with E-state index in [9.17, 15) is 9.59 Å². The Bertz CT molecular complexity index is 194. The summed E-state index contributed by atoms with van der Waals surface area (Å²) >= 11 is 0. The topological polar surface area (TPSA) is 63.6 Å². The van der Waals surface area contributed by atoms with Gasteiger partial charge in [-0.05, 0) is 12.8 Å². The quantitative estimate of drug-likeness (QED) is 0.695. The fraction of sp³-hybridized carbons (Fsp3) is 0.778. The van der Waals surface area contributed by atoms with E-state index in [1.54, 1.807) is 0 Å².